The number of esters is 1. The zero-order valence-electron chi connectivity index (χ0n) is 23.5. The van der Waals surface area contributed by atoms with Gasteiger partial charge in [-0.3, -0.25) is 14.4 Å². The molecule has 2 amide bonds. The van der Waals surface area contributed by atoms with E-state index in [1.54, 1.807) is 15.9 Å². The summed E-state index contributed by atoms with van der Waals surface area (Å²) in [4.78, 5) is 45.3. The van der Waals surface area contributed by atoms with Crippen molar-refractivity contribution < 1.29 is 29.0 Å². The zero-order valence-corrected chi connectivity index (χ0v) is 23.5. The van der Waals surface area contributed by atoms with Crippen LogP contribution in [0.3, 0.4) is 0 Å². The summed E-state index contributed by atoms with van der Waals surface area (Å²) in [5, 5.41) is 9.22. The molecule has 3 aliphatic rings. The second-order valence-electron chi connectivity index (χ2n) is 11.0. The molecule has 0 aromatic carbocycles. The van der Waals surface area contributed by atoms with E-state index in [0.717, 1.165) is 38.5 Å². The predicted octanol–water partition coefficient (Wildman–Crippen LogP) is 4.02. The first-order valence-corrected chi connectivity index (χ1v) is 14.7. The van der Waals surface area contributed by atoms with E-state index in [4.69, 9.17) is 9.47 Å². The van der Waals surface area contributed by atoms with Crippen molar-refractivity contribution in [1.29, 1.82) is 0 Å². The minimum Gasteiger partial charge on any atom is -0.465 e. The minimum absolute atomic E-state index is 0.0931. The van der Waals surface area contributed by atoms with E-state index in [0.29, 0.717) is 58.3 Å². The van der Waals surface area contributed by atoms with Crippen LogP contribution in [-0.2, 0) is 23.9 Å². The van der Waals surface area contributed by atoms with E-state index in [2.05, 4.69) is 20.1 Å². The molecule has 1 spiro atoms. The maximum Gasteiger partial charge on any atom is 0.312 e. The first kappa shape index (κ1) is 30.4. The molecule has 0 saturated carbocycles. The Labute approximate surface area is 228 Å². The van der Waals surface area contributed by atoms with Crippen LogP contribution in [0, 0.1) is 11.8 Å². The Bertz CT molecular complexity index is 862. The Morgan fingerprint density at radius 1 is 1.13 bits per heavy atom. The van der Waals surface area contributed by atoms with Crippen molar-refractivity contribution in [3.05, 3.63) is 25.3 Å². The predicted molar refractivity (Wildman–Crippen MR) is 146 cm³/mol. The van der Waals surface area contributed by atoms with Gasteiger partial charge in [0.1, 0.15) is 17.6 Å². The van der Waals surface area contributed by atoms with Crippen LogP contribution in [0.1, 0.15) is 84.5 Å². The fourth-order valence-electron chi connectivity index (χ4n) is 6.79. The lowest BCUT2D eigenvalue weighted by Crippen LogP contribution is -2.56. The molecule has 38 heavy (non-hydrogen) atoms. The minimum atomic E-state index is -1.03. The van der Waals surface area contributed by atoms with Crippen molar-refractivity contribution in [2.45, 2.75) is 102 Å². The third-order valence-electron chi connectivity index (χ3n) is 8.72. The van der Waals surface area contributed by atoms with Gasteiger partial charge in [0.2, 0.25) is 11.8 Å². The number of allylic oxidation sites excluding steroid dienone is 1. The Morgan fingerprint density at radius 3 is 2.58 bits per heavy atom. The molecule has 0 radical (unpaired) electrons. The van der Waals surface area contributed by atoms with Crippen molar-refractivity contribution in [3.8, 4) is 0 Å². The monoisotopic (exact) mass is 532 g/mol. The summed E-state index contributed by atoms with van der Waals surface area (Å²) < 4.78 is 12.5. The van der Waals surface area contributed by atoms with Gasteiger partial charge < -0.3 is 24.4 Å². The van der Waals surface area contributed by atoms with Gasteiger partial charge in [-0.15, -0.1) is 13.2 Å². The SMILES string of the molecule is C=CCCCCOC(=O)[C@@H]1[C@H]2C(=O)N(CCCCCO)C(C(=O)N(CC=C)CCCC)C23CC[C@@]1(CC)O3. The fraction of sp³-hybridized carbons (Fsp3) is 0.767. The number of unbranched alkanes of at least 4 members (excludes halogenated alkanes) is 5. The van der Waals surface area contributed by atoms with Crippen LogP contribution in [0.5, 0.6) is 0 Å². The lowest BCUT2D eigenvalue weighted by Gasteiger charge is -2.37. The molecule has 3 aliphatic heterocycles. The van der Waals surface area contributed by atoms with Gasteiger partial charge in [-0.05, 0) is 64.2 Å². The molecule has 1 N–H and O–H groups in total. The van der Waals surface area contributed by atoms with Crippen LogP contribution < -0.4 is 0 Å². The van der Waals surface area contributed by atoms with Crippen molar-refractivity contribution in [3.63, 3.8) is 0 Å². The average Bonchev–Trinajstić information content (AvgIpc) is 3.52. The number of ether oxygens (including phenoxy) is 2. The number of carbonyl (C=O) groups excluding carboxylic acids is 3. The number of carbonyl (C=O) groups is 3. The summed E-state index contributed by atoms with van der Waals surface area (Å²) in [5.74, 6) is -2.12. The van der Waals surface area contributed by atoms with E-state index >= 15 is 0 Å². The highest BCUT2D eigenvalue weighted by atomic mass is 16.6. The number of rotatable bonds is 18. The number of hydrogen-bond donors (Lipinski definition) is 1. The molecule has 0 aromatic heterocycles. The van der Waals surface area contributed by atoms with Gasteiger partial charge in [0, 0.05) is 26.2 Å². The topological polar surface area (TPSA) is 96.4 Å². The molecule has 8 nitrogen and oxygen atoms in total. The van der Waals surface area contributed by atoms with Crippen LogP contribution in [0.2, 0.25) is 0 Å². The van der Waals surface area contributed by atoms with E-state index in [1.165, 1.54) is 0 Å². The quantitative estimate of drug-likeness (QED) is 0.163. The molecule has 0 aliphatic carbocycles. The zero-order chi connectivity index (χ0) is 27.8. The van der Waals surface area contributed by atoms with Crippen LogP contribution in [-0.4, -0.2) is 82.8 Å². The van der Waals surface area contributed by atoms with Gasteiger partial charge in [-0.25, -0.2) is 0 Å². The highest BCUT2D eigenvalue weighted by Crippen LogP contribution is 2.64. The molecule has 3 fully saturated rings. The van der Waals surface area contributed by atoms with Gasteiger partial charge in [-0.2, -0.15) is 0 Å². The summed E-state index contributed by atoms with van der Waals surface area (Å²) >= 11 is 0. The van der Waals surface area contributed by atoms with Gasteiger partial charge >= 0.3 is 5.97 Å². The molecule has 3 heterocycles. The molecule has 214 valence electrons. The summed E-state index contributed by atoms with van der Waals surface area (Å²) in [6.45, 7) is 13.4. The Kier molecular flexibility index (Phi) is 11.0. The van der Waals surface area contributed by atoms with E-state index in [9.17, 15) is 19.5 Å². The van der Waals surface area contributed by atoms with Gasteiger partial charge in [0.15, 0.2) is 0 Å². The third kappa shape index (κ3) is 5.71. The molecule has 2 bridgehead atoms. The van der Waals surface area contributed by atoms with Crippen LogP contribution >= 0.6 is 0 Å². The number of amides is 2. The number of aliphatic hydroxyl groups excluding tert-OH is 1. The average molecular weight is 533 g/mol. The van der Waals surface area contributed by atoms with E-state index in [1.807, 2.05) is 13.0 Å². The highest BCUT2D eigenvalue weighted by molar-refractivity contribution is 5.98. The number of hydrogen-bond acceptors (Lipinski definition) is 6. The second kappa shape index (κ2) is 13.7. The highest BCUT2D eigenvalue weighted by Gasteiger charge is 2.79. The second-order valence-corrected chi connectivity index (χ2v) is 11.0. The Morgan fingerprint density at radius 2 is 1.92 bits per heavy atom. The maximum atomic E-state index is 14.2. The lowest BCUT2D eigenvalue weighted by atomic mass is 9.65. The number of nitrogens with zero attached hydrogens (tertiary/aromatic N) is 2. The van der Waals surface area contributed by atoms with E-state index < -0.39 is 29.1 Å². The molecule has 2 unspecified atom stereocenters. The van der Waals surface area contributed by atoms with Gasteiger partial charge in [0.25, 0.3) is 0 Å². The van der Waals surface area contributed by atoms with E-state index in [-0.39, 0.29) is 24.4 Å². The molecular formula is C30H48N2O6. The number of fused-ring (bicyclic) bond motifs is 1. The normalized spacial score (nSPS) is 29.4. The molecule has 0 aromatic rings. The summed E-state index contributed by atoms with van der Waals surface area (Å²) in [7, 11) is 0. The van der Waals surface area contributed by atoms with Crippen LogP contribution in [0.25, 0.3) is 0 Å². The third-order valence-corrected chi connectivity index (χ3v) is 8.72. The van der Waals surface area contributed by atoms with Crippen LogP contribution in [0.15, 0.2) is 25.3 Å². The van der Waals surface area contributed by atoms with Crippen molar-refractivity contribution >= 4 is 17.8 Å². The summed E-state index contributed by atoms with van der Waals surface area (Å²) in [5.41, 5.74) is -1.81. The smallest absolute Gasteiger partial charge is 0.312 e. The first-order chi connectivity index (χ1) is 18.4. The molecule has 8 heteroatoms. The largest absolute Gasteiger partial charge is 0.465 e. The van der Waals surface area contributed by atoms with Crippen molar-refractivity contribution in [2.75, 3.05) is 32.8 Å². The Balaban J connectivity index is 1.94. The first-order valence-electron chi connectivity index (χ1n) is 14.7. The van der Waals surface area contributed by atoms with Crippen molar-refractivity contribution in [1.82, 2.24) is 9.80 Å². The summed E-state index contributed by atoms with van der Waals surface area (Å²) in [6.07, 6.45) is 11.7. The Hall–Kier alpha value is -2.19. The molecule has 3 rings (SSSR count). The van der Waals surface area contributed by atoms with Gasteiger partial charge in [-0.1, -0.05) is 32.4 Å². The fourth-order valence-corrected chi connectivity index (χ4v) is 6.79. The van der Waals surface area contributed by atoms with Crippen molar-refractivity contribution in [2.24, 2.45) is 11.8 Å². The summed E-state index contributed by atoms with van der Waals surface area (Å²) in [6, 6.07) is -0.773. The molecular weight excluding hydrogens is 484 g/mol. The van der Waals surface area contributed by atoms with Crippen LogP contribution in [0.4, 0.5) is 0 Å². The van der Waals surface area contributed by atoms with Gasteiger partial charge in [0.05, 0.1) is 18.1 Å². The lowest BCUT2D eigenvalue weighted by molar-refractivity contribution is -0.162. The number of likely N-dealkylation sites (tertiary alicyclic amines) is 1. The standard InChI is InChI=1S/C30H48N2O6/c1-5-9-11-15-22-37-28(36)24-23-26(34)32(20-13-12-14-21-33)25(27(35)31(18-7-3)19-10-6-2)30(23)17-16-29(24,8-4)38-30/h5,7,23-25,33H,1,3,6,8-22H2,2,4H3/t23-,24-,25?,29+,30?/m0/s1. The number of aliphatic hydroxyl groups is 1. The molecule has 5 atom stereocenters. The molecule has 3 saturated heterocycles. The maximum absolute atomic E-state index is 14.2.